The number of rotatable bonds is 5. The van der Waals surface area contributed by atoms with E-state index in [0.29, 0.717) is 18.8 Å². The van der Waals surface area contributed by atoms with Crippen LogP contribution < -0.4 is 5.32 Å². The molecule has 0 aliphatic heterocycles. The summed E-state index contributed by atoms with van der Waals surface area (Å²) in [5.41, 5.74) is 3.63. The first-order valence-corrected chi connectivity index (χ1v) is 5.98. The Bertz CT molecular complexity index is 590. The van der Waals surface area contributed by atoms with Crippen LogP contribution in [0.1, 0.15) is 16.8 Å². The second-order valence-corrected chi connectivity index (χ2v) is 4.15. The van der Waals surface area contributed by atoms with Crippen LogP contribution in [-0.4, -0.2) is 12.1 Å². The van der Waals surface area contributed by atoms with Gasteiger partial charge < -0.3 is 10.1 Å². The number of hydrogen-bond donors (Lipinski definition) is 1. The van der Waals surface area contributed by atoms with Crippen LogP contribution in [0.5, 0.6) is 0 Å². The lowest BCUT2D eigenvalue weighted by Gasteiger charge is -2.08. The van der Waals surface area contributed by atoms with Gasteiger partial charge in [0, 0.05) is 25.5 Å². The van der Waals surface area contributed by atoms with Crippen molar-refractivity contribution < 1.29 is 4.74 Å². The maximum Gasteiger partial charge on any atom is 0.142 e. The summed E-state index contributed by atoms with van der Waals surface area (Å²) in [6, 6.07) is 13.8. The van der Waals surface area contributed by atoms with E-state index in [1.807, 2.05) is 24.3 Å². The first-order chi connectivity index (χ1) is 9.31. The van der Waals surface area contributed by atoms with Gasteiger partial charge in [0.15, 0.2) is 0 Å². The van der Waals surface area contributed by atoms with E-state index in [0.717, 1.165) is 11.3 Å². The number of benzene rings is 1. The zero-order valence-electron chi connectivity index (χ0n) is 10.8. The van der Waals surface area contributed by atoms with Gasteiger partial charge >= 0.3 is 0 Å². The number of anilines is 1. The Balaban J connectivity index is 2.01. The summed E-state index contributed by atoms with van der Waals surface area (Å²) in [6.45, 7) is 1.31. The highest BCUT2D eigenvalue weighted by molar-refractivity contribution is 5.46. The van der Waals surface area contributed by atoms with Gasteiger partial charge in [0.2, 0.25) is 0 Å². The molecule has 96 valence electrons. The third kappa shape index (κ3) is 3.80. The maximum absolute atomic E-state index is 8.79. The summed E-state index contributed by atoms with van der Waals surface area (Å²) in [4.78, 5) is 3.93. The van der Waals surface area contributed by atoms with Gasteiger partial charge in [-0.3, -0.25) is 0 Å². The predicted molar refractivity (Wildman–Crippen MR) is 73.4 cm³/mol. The Morgan fingerprint density at radius 1 is 1.26 bits per heavy atom. The summed E-state index contributed by atoms with van der Waals surface area (Å²) in [5, 5.41) is 12.1. The highest BCUT2D eigenvalue weighted by Crippen LogP contribution is 2.11. The second-order valence-electron chi connectivity index (χ2n) is 4.15. The number of nitriles is 1. The van der Waals surface area contributed by atoms with Crippen LogP contribution in [0, 0.1) is 11.3 Å². The molecule has 0 spiro atoms. The van der Waals surface area contributed by atoms with Gasteiger partial charge in [-0.2, -0.15) is 5.26 Å². The second kappa shape index (κ2) is 6.53. The lowest BCUT2D eigenvalue weighted by atomic mass is 10.1. The minimum atomic E-state index is 0.415. The molecule has 2 aromatic rings. The molecular weight excluding hydrogens is 238 g/mol. The monoisotopic (exact) mass is 253 g/mol. The van der Waals surface area contributed by atoms with Crippen LogP contribution >= 0.6 is 0 Å². The van der Waals surface area contributed by atoms with Crippen LogP contribution in [-0.2, 0) is 17.9 Å². The number of pyridine rings is 1. The van der Waals surface area contributed by atoms with Gasteiger partial charge in [-0.1, -0.05) is 24.3 Å². The molecule has 0 aliphatic rings. The molecule has 19 heavy (non-hydrogen) atoms. The average molecular weight is 253 g/mol. The Morgan fingerprint density at radius 3 is 2.89 bits per heavy atom. The van der Waals surface area contributed by atoms with Crippen molar-refractivity contribution in [1.29, 1.82) is 5.26 Å². The Kier molecular flexibility index (Phi) is 4.49. The standard InChI is InChI=1S/C15H15N3O/c1-19-11-13-4-2-3-12(7-13)10-18-14-5-6-17-15(8-14)9-16/h2-8H,10-11H2,1H3,(H,17,18). The van der Waals surface area contributed by atoms with Gasteiger partial charge in [0.25, 0.3) is 0 Å². The number of nitrogens with zero attached hydrogens (tertiary/aromatic N) is 2. The largest absolute Gasteiger partial charge is 0.381 e. The van der Waals surface area contributed by atoms with E-state index in [1.165, 1.54) is 5.56 Å². The van der Waals surface area contributed by atoms with Crippen molar-refractivity contribution in [1.82, 2.24) is 4.98 Å². The molecule has 0 fully saturated rings. The SMILES string of the molecule is COCc1cccc(CNc2ccnc(C#N)c2)c1. The van der Waals surface area contributed by atoms with Crippen molar-refractivity contribution in [3.63, 3.8) is 0 Å². The smallest absolute Gasteiger partial charge is 0.142 e. The van der Waals surface area contributed by atoms with Gasteiger partial charge in [-0.25, -0.2) is 4.98 Å². The summed E-state index contributed by atoms with van der Waals surface area (Å²) in [6.07, 6.45) is 1.63. The lowest BCUT2D eigenvalue weighted by molar-refractivity contribution is 0.185. The minimum Gasteiger partial charge on any atom is -0.381 e. The van der Waals surface area contributed by atoms with Crippen molar-refractivity contribution in [2.24, 2.45) is 0 Å². The normalized spacial score (nSPS) is 9.89. The lowest BCUT2D eigenvalue weighted by Crippen LogP contribution is -2.01. The highest BCUT2D eigenvalue weighted by Gasteiger charge is 1.98. The van der Waals surface area contributed by atoms with Crippen LogP contribution in [0.4, 0.5) is 5.69 Å². The van der Waals surface area contributed by atoms with Gasteiger partial charge in [0.1, 0.15) is 11.8 Å². The first-order valence-electron chi connectivity index (χ1n) is 5.98. The molecule has 0 atom stereocenters. The quantitative estimate of drug-likeness (QED) is 0.890. The fraction of sp³-hybridized carbons (Fsp3) is 0.200. The molecule has 0 saturated heterocycles. The molecule has 0 saturated carbocycles. The Hall–Kier alpha value is -2.38. The van der Waals surface area contributed by atoms with Crippen LogP contribution in [0.2, 0.25) is 0 Å². The Morgan fingerprint density at radius 2 is 2.11 bits per heavy atom. The fourth-order valence-electron chi connectivity index (χ4n) is 1.80. The summed E-state index contributed by atoms with van der Waals surface area (Å²) in [7, 11) is 1.69. The van der Waals surface area contributed by atoms with E-state index in [9.17, 15) is 0 Å². The van der Waals surface area contributed by atoms with E-state index in [1.54, 1.807) is 19.4 Å². The molecule has 1 N–H and O–H groups in total. The Labute approximate surface area is 112 Å². The van der Waals surface area contributed by atoms with Gasteiger partial charge in [-0.15, -0.1) is 0 Å². The maximum atomic E-state index is 8.79. The summed E-state index contributed by atoms with van der Waals surface area (Å²) >= 11 is 0. The van der Waals surface area contributed by atoms with Crippen molar-refractivity contribution >= 4 is 5.69 Å². The summed E-state index contributed by atoms with van der Waals surface area (Å²) < 4.78 is 5.11. The first kappa shape index (κ1) is 13.1. The van der Waals surface area contributed by atoms with E-state index < -0.39 is 0 Å². The van der Waals surface area contributed by atoms with Crippen molar-refractivity contribution in [2.45, 2.75) is 13.2 Å². The number of methoxy groups -OCH3 is 1. The van der Waals surface area contributed by atoms with E-state index in [4.69, 9.17) is 10.00 Å². The molecule has 0 aliphatic carbocycles. The minimum absolute atomic E-state index is 0.415. The van der Waals surface area contributed by atoms with E-state index in [-0.39, 0.29) is 0 Å². The molecule has 1 aromatic carbocycles. The topological polar surface area (TPSA) is 57.9 Å². The van der Waals surface area contributed by atoms with Gasteiger partial charge in [0.05, 0.1) is 6.61 Å². The average Bonchev–Trinajstić information content (AvgIpc) is 2.46. The zero-order chi connectivity index (χ0) is 13.5. The van der Waals surface area contributed by atoms with Crippen molar-refractivity contribution in [3.05, 3.63) is 59.4 Å². The molecule has 4 heteroatoms. The third-order valence-corrected chi connectivity index (χ3v) is 2.67. The molecule has 1 aromatic heterocycles. The number of ether oxygens (including phenoxy) is 1. The molecule has 2 rings (SSSR count). The van der Waals surface area contributed by atoms with Gasteiger partial charge in [-0.05, 0) is 23.3 Å². The molecule has 0 radical (unpaired) electrons. The molecular formula is C15H15N3O. The van der Waals surface area contributed by atoms with E-state index >= 15 is 0 Å². The van der Waals surface area contributed by atoms with E-state index in [2.05, 4.69) is 22.4 Å². The number of hydrogen-bond acceptors (Lipinski definition) is 4. The van der Waals surface area contributed by atoms with Crippen molar-refractivity contribution in [2.75, 3.05) is 12.4 Å². The fourth-order valence-corrected chi connectivity index (χ4v) is 1.80. The predicted octanol–water partition coefficient (Wildman–Crippen LogP) is 2.71. The summed E-state index contributed by atoms with van der Waals surface area (Å²) in [5.74, 6) is 0. The molecule has 1 heterocycles. The van der Waals surface area contributed by atoms with Crippen LogP contribution in [0.3, 0.4) is 0 Å². The molecule has 0 bridgehead atoms. The molecule has 0 unspecified atom stereocenters. The molecule has 4 nitrogen and oxygen atoms in total. The molecule has 0 amide bonds. The zero-order valence-corrected chi connectivity index (χ0v) is 10.8. The van der Waals surface area contributed by atoms with Crippen molar-refractivity contribution in [3.8, 4) is 6.07 Å². The number of aromatic nitrogens is 1. The van der Waals surface area contributed by atoms with Crippen LogP contribution in [0.15, 0.2) is 42.6 Å². The number of nitrogens with one attached hydrogen (secondary N) is 1. The van der Waals surface area contributed by atoms with Crippen LogP contribution in [0.25, 0.3) is 0 Å². The third-order valence-electron chi connectivity index (χ3n) is 2.67. The highest BCUT2D eigenvalue weighted by atomic mass is 16.5.